The third-order valence-corrected chi connectivity index (χ3v) is 3.18. The third kappa shape index (κ3) is 4.48. The second kappa shape index (κ2) is 8.02. The number of carbonyl (C=O) groups is 1. The minimum absolute atomic E-state index is 0.183. The van der Waals surface area contributed by atoms with E-state index in [-0.39, 0.29) is 5.91 Å². The number of hydrogen-bond donors (Lipinski definition) is 2. The first-order chi connectivity index (χ1) is 10.7. The minimum Gasteiger partial charge on any atom is -0.491 e. The van der Waals surface area contributed by atoms with Crippen molar-refractivity contribution >= 4 is 11.6 Å². The van der Waals surface area contributed by atoms with Crippen LogP contribution in [0.15, 0.2) is 42.6 Å². The number of pyridine rings is 1. The largest absolute Gasteiger partial charge is 0.491 e. The summed E-state index contributed by atoms with van der Waals surface area (Å²) in [6.07, 6.45) is 3.74. The summed E-state index contributed by atoms with van der Waals surface area (Å²) in [5, 5.41) is 2.82. The molecule has 1 amide bonds. The first-order valence-electron chi connectivity index (χ1n) is 7.41. The van der Waals surface area contributed by atoms with Crippen molar-refractivity contribution < 1.29 is 9.53 Å². The van der Waals surface area contributed by atoms with Gasteiger partial charge in [0.25, 0.3) is 5.91 Å². The van der Waals surface area contributed by atoms with Crippen LogP contribution in [0.25, 0.3) is 0 Å². The maximum Gasteiger partial charge on any atom is 0.251 e. The monoisotopic (exact) mass is 299 g/mol. The summed E-state index contributed by atoms with van der Waals surface area (Å²) < 4.78 is 5.57. The van der Waals surface area contributed by atoms with Gasteiger partial charge in [0.05, 0.1) is 24.5 Å². The highest BCUT2D eigenvalue weighted by atomic mass is 16.5. The Morgan fingerprint density at radius 3 is 2.86 bits per heavy atom. The number of amides is 1. The van der Waals surface area contributed by atoms with Gasteiger partial charge in [-0.2, -0.15) is 0 Å². The van der Waals surface area contributed by atoms with E-state index in [4.69, 9.17) is 10.5 Å². The smallest absolute Gasteiger partial charge is 0.251 e. The molecule has 22 heavy (non-hydrogen) atoms. The van der Waals surface area contributed by atoms with Crippen molar-refractivity contribution in [1.29, 1.82) is 0 Å². The number of benzene rings is 1. The molecule has 0 aliphatic rings. The van der Waals surface area contributed by atoms with Crippen LogP contribution < -0.4 is 15.8 Å². The summed E-state index contributed by atoms with van der Waals surface area (Å²) in [4.78, 5) is 16.3. The molecule has 3 N–H and O–H groups in total. The Bertz CT molecular complexity index is 615. The van der Waals surface area contributed by atoms with E-state index < -0.39 is 0 Å². The number of nitrogens with one attached hydrogen (secondary N) is 1. The minimum atomic E-state index is -0.183. The van der Waals surface area contributed by atoms with Crippen LogP contribution in [0.2, 0.25) is 0 Å². The first kappa shape index (κ1) is 15.8. The second-order valence-corrected chi connectivity index (χ2v) is 4.96. The van der Waals surface area contributed by atoms with Crippen LogP contribution in [-0.4, -0.2) is 17.5 Å². The normalized spacial score (nSPS) is 10.2. The number of nitrogens with two attached hydrogens (primary N) is 1. The summed E-state index contributed by atoms with van der Waals surface area (Å²) in [6, 6.07) is 10.7. The average molecular weight is 299 g/mol. The Balaban J connectivity index is 1.94. The fraction of sp³-hybridized carbons (Fsp3) is 0.294. The van der Waals surface area contributed by atoms with Crippen molar-refractivity contribution in [2.24, 2.45) is 0 Å². The summed E-state index contributed by atoms with van der Waals surface area (Å²) in [5.41, 5.74) is 7.72. The molecule has 1 heterocycles. The van der Waals surface area contributed by atoms with Crippen molar-refractivity contribution in [3.05, 3.63) is 53.9 Å². The number of hydrogen-bond acceptors (Lipinski definition) is 4. The van der Waals surface area contributed by atoms with Crippen LogP contribution in [-0.2, 0) is 6.54 Å². The van der Waals surface area contributed by atoms with Crippen LogP contribution in [0.4, 0.5) is 5.69 Å². The lowest BCUT2D eigenvalue weighted by atomic mass is 10.1. The predicted molar refractivity (Wildman–Crippen MR) is 86.7 cm³/mol. The Kier molecular flexibility index (Phi) is 5.77. The number of carbonyl (C=O) groups excluding carboxylic acids is 1. The molecule has 0 unspecified atom stereocenters. The van der Waals surface area contributed by atoms with Crippen molar-refractivity contribution in [2.45, 2.75) is 26.3 Å². The Labute approximate surface area is 130 Å². The summed E-state index contributed by atoms with van der Waals surface area (Å²) in [6.45, 7) is 3.11. The van der Waals surface area contributed by atoms with Crippen molar-refractivity contribution in [1.82, 2.24) is 10.3 Å². The molecular weight excluding hydrogens is 278 g/mol. The summed E-state index contributed by atoms with van der Waals surface area (Å²) in [7, 11) is 0. The van der Waals surface area contributed by atoms with Crippen LogP contribution in [0.1, 0.15) is 35.8 Å². The zero-order valence-corrected chi connectivity index (χ0v) is 12.7. The molecule has 1 aromatic heterocycles. The van der Waals surface area contributed by atoms with Gasteiger partial charge in [0.2, 0.25) is 0 Å². The molecule has 0 saturated carbocycles. The van der Waals surface area contributed by atoms with Crippen molar-refractivity contribution in [2.75, 3.05) is 12.3 Å². The number of nitrogen functional groups attached to an aromatic ring is 1. The van der Waals surface area contributed by atoms with Gasteiger partial charge in [-0.15, -0.1) is 0 Å². The molecular formula is C17H21N3O2. The van der Waals surface area contributed by atoms with E-state index in [1.807, 2.05) is 18.2 Å². The van der Waals surface area contributed by atoms with Crippen molar-refractivity contribution in [3.63, 3.8) is 0 Å². The van der Waals surface area contributed by atoms with Crippen LogP contribution in [0, 0.1) is 0 Å². The van der Waals surface area contributed by atoms with E-state index in [9.17, 15) is 4.79 Å². The summed E-state index contributed by atoms with van der Waals surface area (Å²) in [5.74, 6) is 0.437. The van der Waals surface area contributed by atoms with E-state index in [0.29, 0.717) is 30.2 Å². The van der Waals surface area contributed by atoms with Crippen LogP contribution in [0.5, 0.6) is 5.75 Å². The highest BCUT2D eigenvalue weighted by Crippen LogP contribution is 2.22. The molecule has 0 fully saturated rings. The average Bonchev–Trinajstić information content (AvgIpc) is 2.55. The van der Waals surface area contributed by atoms with Crippen molar-refractivity contribution in [3.8, 4) is 5.75 Å². The maximum atomic E-state index is 12.1. The van der Waals surface area contributed by atoms with Gasteiger partial charge < -0.3 is 15.8 Å². The topological polar surface area (TPSA) is 77.2 Å². The van der Waals surface area contributed by atoms with Gasteiger partial charge in [-0.1, -0.05) is 19.4 Å². The zero-order chi connectivity index (χ0) is 15.8. The molecule has 5 nitrogen and oxygen atoms in total. The summed E-state index contributed by atoms with van der Waals surface area (Å²) >= 11 is 0. The number of ether oxygens (including phenoxy) is 1. The Morgan fingerprint density at radius 2 is 2.18 bits per heavy atom. The molecule has 0 saturated heterocycles. The lowest BCUT2D eigenvalue weighted by Crippen LogP contribution is -2.23. The highest BCUT2D eigenvalue weighted by Gasteiger charge is 2.09. The molecule has 2 aromatic rings. The van der Waals surface area contributed by atoms with Gasteiger partial charge in [-0.05, 0) is 36.8 Å². The molecule has 2 rings (SSSR count). The zero-order valence-electron chi connectivity index (χ0n) is 12.7. The molecule has 0 aliphatic carbocycles. The Morgan fingerprint density at radius 1 is 1.32 bits per heavy atom. The lowest BCUT2D eigenvalue weighted by Gasteiger charge is -2.10. The number of aromatic nitrogens is 1. The van der Waals surface area contributed by atoms with Gasteiger partial charge in [0.1, 0.15) is 5.75 Å². The first-order valence-corrected chi connectivity index (χ1v) is 7.41. The molecule has 116 valence electrons. The molecule has 1 aromatic carbocycles. The fourth-order valence-corrected chi connectivity index (χ4v) is 1.92. The lowest BCUT2D eigenvalue weighted by molar-refractivity contribution is 0.0950. The van der Waals surface area contributed by atoms with Crippen LogP contribution in [0.3, 0.4) is 0 Å². The number of rotatable bonds is 7. The molecule has 0 radical (unpaired) electrons. The van der Waals surface area contributed by atoms with E-state index in [1.165, 1.54) is 0 Å². The predicted octanol–water partition coefficient (Wildman–Crippen LogP) is 2.77. The number of anilines is 1. The maximum absolute atomic E-state index is 12.1. The van der Waals surface area contributed by atoms with Gasteiger partial charge in [-0.3, -0.25) is 9.78 Å². The van der Waals surface area contributed by atoms with Gasteiger partial charge >= 0.3 is 0 Å². The van der Waals surface area contributed by atoms with Gasteiger partial charge in [0.15, 0.2) is 0 Å². The standard InChI is InChI=1S/C17H21N3O2/c1-2-3-10-22-16-8-7-13(11-15(16)18)17(21)20-12-14-6-4-5-9-19-14/h4-9,11H,2-3,10,12,18H2,1H3,(H,20,21). The molecule has 0 bridgehead atoms. The second-order valence-electron chi connectivity index (χ2n) is 4.96. The van der Waals surface area contributed by atoms with E-state index in [0.717, 1.165) is 18.5 Å². The van der Waals surface area contributed by atoms with Gasteiger partial charge in [-0.25, -0.2) is 0 Å². The van der Waals surface area contributed by atoms with Gasteiger partial charge in [0, 0.05) is 11.8 Å². The number of nitrogens with zero attached hydrogens (tertiary/aromatic N) is 1. The number of unbranched alkanes of at least 4 members (excludes halogenated alkanes) is 1. The molecule has 5 heteroatoms. The van der Waals surface area contributed by atoms with E-state index in [1.54, 1.807) is 24.4 Å². The fourth-order valence-electron chi connectivity index (χ4n) is 1.92. The van der Waals surface area contributed by atoms with E-state index >= 15 is 0 Å². The SMILES string of the molecule is CCCCOc1ccc(C(=O)NCc2ccccn2)cc1N. The molecule has 0 atom stereocenters. The van der Waals surface area contributed by atoms with E-state index in [2.05, 4.69) is 17.2 Å². The molecule has 0 spiro atoms. The molecule has 0 aliphatic heterocycles. The third-order valence-electron chi connectivity index (χ3n) is 3.18. The quantitative estimate of drug-likeness (QED) is 0.609. The van der Waals surface area contributed by atoms with Crippen LogP contribution >= 0.6 is 0 Å². The highest BCUT2D eigenvalue weighted by molar-refractivity contribution is 5.95. The Hall–Kier alpha value is -2.56.